The van der Waals surface area contributed by atoms with Crippen molar-refractivity contribution in [3.05, 3.63) is 59.5 Å². The van der Waals surface area contributed by atoms with E-state index < -0.39 is 0 Å². The van der Waals surface area contributed by atoms with Crippen LogP contribution >= 0.6 is 0 Å². The van der Waals surface area contributed by atoms with Crippen molar-refractivity contribution in [2.24, 2.45) is 0 Å². The molecule has 170 valence electrons. The van der Waals surface area contributed by atoms with Gasteiger partial charge in [0.1, 0.15) is 5.82 Å². The minimum atomic E-state index is 0.172. The van der Waals surface area contributed by atoms with Crippen LogP contribution in [0.5, 0.6) is 0 Å². The van der Waals surface area contributed by atoms with E-state index in [1.54, 1.807) is 6.20 Å². The molecule has 0 N–H and O–H groups in total. The van der Waals surface area contributed by atoms with Gasteiger partial charge in [-0.05, 0) is 31.9 Å². The molecule has 0 bridgehead atoms. The maximum atomic E-state index is 12.9. The lowest BCUT2D eigenvalue weighted by Gasteiger charge is -2.35. The molecule has 33 heavy (non-hydrogen) atoms. The fraction of sp³-hybridized carbons (Fsp3) is 0.400. The topological polar surface area (TPSA) is 90.9 Å². The van der Waals surface area contributed by atoms with Crippen LogP contribution in [0.3, 0.4) is 0 Å². The number of benzene rings is 1. The average molecular weight is 444 g/mol. The van der Waals surface area contributed by atoms with E-state index in [4.69, 9.17) is 10.2 Å². The first kappa shape index (κ1) is 22.5. The molecular formula is C25H29N7O. The zero-order valence-electron chi connectivity index (χ0n) is 19.2. The van der Waals surface area contributed by atoms with Gasteiger partial charge in [-0.15, -0.1) is 0 Å². The van der Waals surface area contributed by atoms with Crippen LogP contribution in [-0.4, -0.2) is 56.7 Å². The maximum absolute atomic E-state index is 12.9. The highest BCUT2D eigenvalue weighted by molar-refractivity contribution is 5.77. The van der Waals surface area contributed by atoms with Crippen molar-refractivity contribution in [1.29, 1.82) is 5.26 Å². The molecule has 0 radical (unpaired) electrons. The third kappa shape index (κ3) is 5.20. The highest BCUT2D eigenvalue weighted by Crippen LogP contribution is 2.20. The highest BCUT2D eigenvalue weighted by Gasteiger charge is 2.23. The number of anilines is 1. The van der Waals surface area contributed by atoms with E-state index >= 15 is 0 Å². The minimum absolute atomic E-state index is 0.172. The maximum Gasteiger partial charge on any atom is 0.223 e. The van der Waals surface area contributed by atoms with Crippen LogP contribution in [0.15, 0.2) is 42.6 Å². The predicted octanol–water partition coefficient (Wildman–Crippen LogP) is 3.15. The Morgan fingerprint density at radius 3 is 2.58 bits per heavy atom. The molecular weight excluding hydrogens is 414 g/mol. The van der Waals surface area contributed by atoms with Gasteiger partial charge in [0.15, 0.2) is 5.82 Å². The molecule has 0 aliphatic carbocycles. The molecule has 2 aromatic heterocycles. The molecule has 1 aromatic carbocycles. The summed E-state index contributed by atoms with van der Waals surface area (Å²) in [5, 5.41) is 13.4. The van der Waals surface area contributed by atoms with Gasteiger partial charge in [-0.25, -0.2) is 9.97 Å². The Morgan fingerprint density at radius 2 is 1.85 bits per heavy atom. The number of nitriles is 1. The molecule has 0 atom stereocenters. The van der Waals surface area contributed by atoms with Crippen LogP contribution in [0.2, 0.25) is 0 Å². The molecule has 3 aromatic rings. The smallest absolute Gasteiger partial charge is 0.223 e. The van der Waals surface area contributed by atoms with E-state index in [1.807, 2.05) is 59.8 Å². The fourth-order valence-corrected chi connectivity index (χ4v) is 4.30. The number of amides is 1. The zero-order valence-corrected chi connectivity index (χ0v) is 19.2. The lowest BCUT2D eigenvalue weighted by atomic mass is 10.1. The van der Waals surface area contributed by atoms with Crippen molar-refractivity contribution < 1.29 is 4.79 Å². The number of aryl methyl sites for hydroxylation is 2. The number of carbonyl (C=O) groups is 1. The number of hydrogen-bond donors (Lipinski definition) is 0. The first-order valence-corrected chi connectivity index (χ1v) is 11.4. The number of hydrogen-bond acceptors (Lipinski definition) is 6. The molecule has 1 aliphatic heterocycles. The monoisotopic (exact) mass is 443 g/mol. The first-order chi connectivity index (χ1) is 16.1. The molecule has 0 spiro atoms. The summed E-state index contributed by atoms with van der Waals surface area (Å²) in [6, 6.07) is 14.0. The van der Waals surface area contributed by atoms with Crippen LogP contribution in [0.25, 0.3) is 11.4 Å². The lowest BCUT2D eigenvalue weighted by molar-refractivity contribution is -0.131. The molecule has 0 unspecified atom stereocenters. The summed E-state index contributed by atoms with van der Waals surface area (Å²) >= 11 is 0. The summed E-state index contributed by atoms with van der Waals surface area (Å²) in [4.78, 5) is 26.2. The molecule has 4 rings (SSSR count). The Morgan fingerprint density at radius 1 is 1.09 bits per heavy atom. The summed E-state index contributed by atoms with van der Waals surface area (Å²) in [6.45, 7) is 7.45. The molecule has 8 heteroatoms. The van der Waals surface area contributed by atoms with E-state index in [0.29, 0.717) is 44.7 Å². The minimum Gasteiger partial charge on any atom is -0.353 e. The van der Waals surface area contributed by atoms with E-state index in [1.165, 1.54) is 0 Å². The van der Waals surface area contributed by atoms with E-state index in [0.717, 1.165) is 41.4 Å². The normalized spacial score (nSPS) is 13.7. The Kier molecular flexibility index (Phi) is 6.98. The second kappa shape index (κ2) is 10.3. The Hall–Kier alpha value is -3.73. The van der Waals surface area contributed by atoms with Gasteiger partial charge in [0.05, 0.1) is 24.7 Å². The molecule has 1 amide bonds. The third-order valence-electron chi connectivity index (χ3n) is 6.18. The second-order valence-corrected chi connectivity index (χ2v) is 8.25. The molecule has 3 heterocycles. The van der Waals surface area contributed by atoms with Gasteiger partial charge < -0.3 is 9.80 Å². The van der Waals surface area contributed by atoms with Crippen molar-refractivity contribution in [3.8, 4) is 17.5 Å². The molecule has 1 fully saturated rings. The Bertz CT molecular complexity index is 1140. The third-order valence-corrected chi connectivity index (χ3v) is 6.18. The molecule has 1 aliphatic rings. The second-order valence-electron chi connectivity index (χ2n) is 8.25. The lowest BCUT2D eigenvalue weighted by Crippen LogP contribution is -2.49. The largest absolute Gasteiger partial charge is 0.353 e. The number of nitrogens with zero attached hydrogens (tertiary/aromatic N) is 7. The predicted molar refractivity (Wildman–Crippen MR) is 127 cm³/mol. The van der Waals surface area contributed by atoms with Crippen molar-refractivity contribution in [2.45, 2.75) is 39.7 Å². The zero-order chi connectivity index (χ0) is 23.2. The Balaban J connectivity index is 1.32. The standard InChI is InChI=1S/C25H29N7O/c1-19-22(20(2)32(29-19)14-6-12-26)9-10-24(33)31-17-15-30(16-18-31)23-11-13-27-25(28-23)21-7-4-3-5-8-21/h3-5,7-8,11,13H,6,9-10,14-18H2,1-2H3. The van der Waals surface area contributed by atoms with Crippen LogP contribution in [0, 0.1) is 25.2 Å². The summed E-state index contributed by atoms with van der Waals surface area (Å²) in [5.41, 5.74) is 4.11. The molecule has 8 nitrogen and oxygen atoms in total. The number of rotatable bonds is 7. The number of aromatic nitrogens is 4. The van der Waals surface area contributed by atoms with Crippen molar-refractivity contribution in [3.63, 3.8) is 0 Å². The van der Waals surface area contributed by atoms with Crippen molar-refractivity contribution >= 4 is 11.7 Å². The average Bonchev–Trinajstić information content (AvgIpc) is 3.14. The van der Waals surface area contributed by atoms with Crippen LogP contribution in [-0.2, 0) is 17.8 Å². The van der Waals surface area contributed by atoms with E-state index in [9.17, 15) is 4.79 Å². The first-order valence-electron chi connectivity index (χ1n) is 11.4. The van der Waals surface area contributed by atoms with Gasteiger partial charge in [0.25, 0.3) is 0 Å². The van der Waals surface area contributed by atoms with Gasteiger partial charge in [0, 0.05) is 50.1 Å². The van der Waals surface area contributed by atoms with Gasteiger partial charge in [-0.3, -0.25) is 9.48 Å². The van der Waals surface area contributed by atoms with Crippen molar-refractivity contribution in [1.82, 2.24) is 24.6 Å². The number of carbonyl (C=O) groups excluding carboxylic acids is 1. The van der Waals surface area contributed by atoms with Crippen LogP contribution < -0.4 is 4.90 Å². The Labute approximate surface area is 194 Å². The summed E-state index contributed by atoms with van der Waals surface area (Å²) in [7, 11) is 0. The summed E-state index contributed by atoms with van der Waals surface area (Å²) in [5.74, 6) is 1.78. The van der Waals surface area contributed by atoms with Crippen LogP contribution in [0.1, 0.15) is 29.8 Å². The quantitative estimate of drug-likeness (QED) is 0.557. The highest BCUT2D eigenvalue weighted by atomic mass is 16.2. The van der Waals surface area contributed by atoms with Gasteiger partial charge in [0.2, 0.25) is 5.91 Å². The van der Waals surface area contributed by atoms with Gasteiger partial charge >= 0.3 is 0 Å². The fourth-order valence-electron chi connectivity index (χ4n) is 4.30. The van der Waals surface area contributed by atoms with E-state index in [-0.39, 0.29) is 5.91 Å². The number of piperazine rings is 1. The van der Waals surface area contributed by atoms with Crippen LogP contribution in [0.4, 0.5) is 5.82 Å². The van der Waals surface area contributed by atoms with E-state index in [2.05, 4.69) is 21.1 Å². The van der Waals surface area contributed by atoms with Gasteiger partial charge in [-0.1, -0.05) is 30.3 Å². The SMILES string of the molecule is Cc1nn(CCC#N)c(C)c1CCC(=O)N1CCN(c2ccnc(-c3ccccc3)n2)CC1. The summed E-state index contributed by atoms with van der Waals surface area (Å²) < 4.78 is 1.88. The van der Waals surface area contributed by atoms with Crippen molar-refractivity contribution in [2.75, 3.05) is 31.1 Å². The summed E-state index contributed by atoms with van der Waals surface area (Å²) in [6.07, 6.45) is 3.38. The molecule has 0 saturated carbocycles. The van der Waals surface area contributed by atoms with Gasteiger partial charge in [-0.2, -0.15) is 10.4 Å². The molecule has 1 saturated heterocycles.